The third-order valence-electron chi connectivity index (χ3n) is 5.26. The maximum Gasteiger partial charge on any atom is 0.410 e. The Kier molecular flexibility index (Phi) is 4.78. The van der Waals surface area contributed by atoms with Crippen molar-refractivity contribution >= 4 is 46.0 Å². The molecule has 2 aromatic rings. The van der Waals surface area contributed by atoms with Gasteiger partial charge in [-0.2, -0.15) is 4.98 Å². The van der Waals surface area contributed by atoms with Crippen LogP contribution in [0.2, 0.25) is 10.4 Å². The van der Waals surface area contributed by atoms with Crippen molar-refractivity contribution in [3.8, 4) is 0 Å². The van der Waals surface area contributed by atoms with Crippen LogP contribution in [-0.4, -0.2) is 56.7 Å². The van der Waals surface area contributed by atoms with Gasteiger partial charge in [-0.05, 0) is 52.1 Å². The Hall–Kier alpha value is -1.86. The van der Waals surface area contributed by atoms with Crippen molar-refractivity contribution in [3.05, 3.63) is 22.2 Å². The molecule has 0 radical (unpaired) electrons. The molecule has 2 aliphatic heterocycles. The van der Waals surface area contributed by atoms with E-state index in [1.54, 1.807) is 6.20 Å². The van der Waals surface area contributed by atoms with E-state index in [-0.39, 0.29) is 23.5 Å². The molecule has 0 aliphatic carbocycles. The number of amides is 1. The Labute approximate surface area is 174 Å². The molecule has 2 aliphatic rings. The number of piperazine rings is 1. The van der Waals surface area contributed by atoms with Crippen LogP contribution in [0, 0.1) is 6.92 Å². The van der Waals surface area contributed by atoms with Gasteiger partial charge in [-0.3, -0.25) is 4.90 Å². The fourth-order valence-corrected chi connectivity index (χ4v) is 4.38. The highest BCUT2D eigenvalue weighted by molar-refractivity contribution is 6.31. The number of rotatable bonds is 1. The topological polar surface area (TPSA) is 71.5 Å². The van der Waals surface area contributed by atoms with Gasteiger partial charge in [0.05, 0.1) is 23.0 Å². The summed E-state index contributed by atoms with van der Waals surface area (Å²) >= 11 is 12.4. The lowest BCUT2D eigenvalue weighted by Gasteiger charge is -2.42. The first kappa shape index (κ1) is 19.5. The fourth-order valence-electron chi connectivity index (χ4n) is 4.08. The Balaban J connectivity index is 1.65. The molecule has 28 heavy (non-hydrogen) atoms. The highest BCUT2D eigenvalue weighted by atomic mass is 35.5. The first-order chi connectivity index (χ1) is 13.1. The zero-order valence-corrected chi connectivity index (χ0v) is 17.9. The summed E-state index contributed by atoms with van der Waals surface area (Å²) in [4.78, 5) is 29.8. The molecule has 7 nitrogen and oxygen atoms in total. The summed E-state index contributed by atoms with van der Waals surface area (Å²) in [6.45, 7) is 8.87. The maximum atomic E-state index is 12.7. The molecule has 0 saturated carbocycles. The lowest BCUT2D eigenvalue weighted by molar-refractivity contribution is 0.0123. The van der Waals surface area contributed by atoms with E-state index < -0.39 is 5.60 Å². The average Bonchev–Trinajstić information content (AvgIpc) is 2.87. The van der Waals surface area contributed by atoms with Gasteiger partial charge in [0, 0.05) is 24.8 Å². The van der Waals surface area contributed by atoms with Crippen molar-refractivity contribution in [2.75, 3.05) is 18.0 Å². The standard InChI is InChI=1S/C19H23Cl2N5O2/c1-10-14-13(7-22-15(10)20)16(24-17(21)23-14)25-8-11-5-6-12(9-25)26(11)18(27)28-19(2,3)4/h7,11-12H,5-6,8-9H2,1-4H3. The quantitative estimate of drug-likeness (QED) is 0.504. The minimum absolute atomic E-state index is 0.0822. The van der Waals surface area contributed by atoms with Crippen LogP contribution in [0.25, 0.3) is 10.9 Å². The van der Waals surface area contributed by atoms with Crippen LogP contribution in [0.1, 0.15) is 39.2 Å². The Morgan fingerprint density at radius 3 is 2.43 bits per heavy atom. The van der Waals surface area contributed by atoms with Gasteiger partial charge in [-0.25, -0.2) is 14.8 Å². The third kappa shape index (κ3) is 3.46. The van der Waals surface area contributed by atoms with Crippen molar-refractivity contribution in [3.63, 3.8) is 0 Å². The number of hydrogen-bond acceptors (Lipinski definition) is 6. The smallest absolute Gasteiger partial charge is 0.410 e. The number of aryl methyl sites for hydroxylation is 1. The predicted molar refractivity (Wildman–Crippen MR) is 109 cm³/mol. The summed E-state index contributed by atoms with van der Waals surface area (Å²) in [5.74, 6) is 0.739. The highest BCUT2D eigenvalue weighted by Gasteiger charge is 2.45. The molecule has 0 N–H and O–H groups in total. The van der Waals surface area contributed by atoms with E-state index in [0.717, 1.165) is 29.6 Å². The lowest BCUT2D eigenvalue weighted by Crippen LogP contribution is -2.57. The van der Waals surface area contributed by atoms with Gasteiger partial charge in [-0.15, -0.1) is 0 Å². The van der Waals surface area contributed by atoms with Gasteiger partial charge >= 0.3 is 6.09 Å². The second-order valence-electron chi connectivity index (χ2n) is 8.43. The molecule has 2 bridgehead atoms. The van der Waals surface area contributed by atoms with Crippen LogP contribution in [0.15, 0.2) is 6.20 Å². The average molecular weight is 424 g/mol. The van der Waals surface area contributed by atoms with E-state index in [4.69, 9.17) is 27.9 Å². The number of nitrogens with zero attached hydrogens (tertiary/aromatic N) is 5. The molecule has 150 valence electrons. The molecule has 2 aromatic heterocycles. The molecule has 4 heterocycles. The Bertz CT molecular complexity index is 932. The van der Waals surface area contributed by atoms with Crippen LogP contribution in [0.3, 0.4) is 0 Å². The van der Waals surface area contributed by atoms with Gasteiger partial charge in [-0.1, -0.05) is 11.6 Å². The molecule has 1 amide bonds. The van der Waals surface area contributed by atoms with Crippen LogP contribution in [0.5, 0.6) is 0 Å². The van der Waals surface area contributed by atoms with E-state index in [1.165, 1.54) is 0 Å². The van der Waals surface area contributed by atoms with Crippen molar-refractivity contribution in [2.24, 2.45) is 0 Å². The fraction of sp³-hybridized carbons (Fsp3) is 0.579. The predicted octanol–water partition coefficient (Wildman–Crippen LogP) is 4.23. The Morgan fingerprint density at radius 1 is 1.18 bits per heavy atom. The molecule has 0 aromatic carbocycles. The molecular weight excluding hydrogens is 401 g/mol. The summed E-state index contributed by atoms with van der Waals surface area (Å²) in [5, 5.41) is 1.40. The number of ether oxygens (including phenoxy) is 1. The number of fused-ring (bicyclic) bond motifs is 3. The van der Waals surface area contributed by atoms with Crippen LogP contribution < -0.4 is 4.90 Å². The van der Waals surface area contributed by atoms with Gasteiger partial charge in [0.2, 0.25) is 5.28 Å². The van der Waals surface area contributed by atoms with E-state index in [9.17, 15) is 4.79 Å². The van der Waals surface area contributed by atoms with Gasteiger partial charge in [0.15, 0.2) is 0 Å². The first-order valence-electron chi connectivity index (χ1n) is 9.38. The van der Waals surface area contributed by atoms with Crippen molar-refractivity contribution in [1.29, 1.82) is 0 Å². The lowest BCUT2D eigenvalue weighted by atomic mass is 10.1. The zero-order chi connectivity index (χ0) is 20.2. The third-order valence-corrected chi connectivity index (χ3v) is 5.81. The number of anilines is 1. The summed E-state index contributed by atoms with van der Waals surface area (Å²) in [6, 6.07) is 0.164. The van der Waals surface area contributed by atoms with Gasteiger partial charge < -0.3 is 9.64 Å². The maximum absolute atomic E-state index is 12.7. The molecule has 9 heteroatoms. The summed E-state index contributed by atoms with van der Waals surface area (Å²) in [6.07, 6.45) is 3.34. The number of pyridine rings is 1. The normalized spacial score (nSPS) is 22.1. The van der Waals surface area contributed by atoms with Crippen molar-refractivity contribution in [1.82, 2.24) is 19.9 Å². The number of carbonyl (C=O) groups is 1. The van der Waals surface area contributed by atoms with Crippen LogP contribution in [-0.2, 0) is 4.74 Å². The molecule has 2 unspecified atom stereocenters. The number of hydrogen-bond donors (Lipinski definition) is 0. The van der Waals surface area contributed by atoms with E-state index >= 15 is 0 Å². The number of aromatic nitrogens is 3. The first-order valence-corrected chi connectivity index (χ1v) is 10.1. The van der Waals surface area contributed by atoms with Crippen LogP contribution in [0.4, 0.5) is 10.6 Å². The minimum atomic E-state index is -0.507. The van der Waals surface area contributed by atoms with Crippen LogP contribution >= 0.6 is 23.2 Å². The second kappa shape index (κ2) is 6.88. The minimum Gasteiger partial charge on any atom is -0.444 e. The summed E-state index contributed by atoms with van der Waals surface area (Å²) < 4.78 is 5.61. The van der Waals surface area contributed by atoms with E-state index in [2.05, 4.69) is 19.9 Å². The Morgan fingerprint density at radius 2 is 1.82 bits per heavy atom. The largest absolute Gasteiger partial charge is 0.444 e. The highest BCUT2D eigenvalue weighted by Crippen LogP contribution is 2.36. The monoisotopic (exact) mass is 423 g/mol. The molecular formula is C19H23Cl2N5O2. The van der Waals surface area contributed by atoms with E-state index in [0.29, 0.717) is 23.8 Å². The molecule has 2 fully saturated rings. The van der Waals surface area contributed by atoms with Crippen molar-refractivity contribution in [2.45, 2.75) is 58.2 Å². The number of halogens is 2. The van der Waals surface area contributed by atoms with Crippen molar-refractivity contribution < 1.29 is 9.53 Å². The van der Waals surface area contributed by atoms with Gasteiger partial charge in [0.1, 0.15) is 16.6 Å². The molecule has 2 saturated heterocycles. The summed E-state index contributed by atoms with van der Waals surface area (Å²) in [7, 11) is 0. The SMILES string of the molecule is Cc1c(Cl)ncc2c(N3CC4CCC(C3)N4C(=O)OC(C)(C)C)nc(Cl)nc12. The van der Waals surface area contributed by atoms with E-state index in [1.807, 2.05) is 32.6 Å². The molecule has 2 atom stereocenters. The second-order valence-corrected chi connectivity index (χ2v) is 9.13. The number of carbonyl (C=O) groups excluding carboxylic acids is 1. The molecule has 0 spiro atoms. The van der Waals surface area contributed by atoms with Gasteiger partial charge in [0.25, 0.3) is 0 Å². The zero-order valence-electron chi connectivity index (χ0n) is 16.4. The molecule has 4 rings (SSSR count). The summed E-state index contributed by atoms with van der Waals surface area (Å²) in [5.41, 5.74) is 0.976.